The van der Waals surface area contributed by atoms with E-state index in [2.05, 4.69) is 38.9 Å². The van der Waals surface area contributed by atoms with Gasteiger partial charge in [0.25, 0.3) is 0 Å². The van der Waals surface area contributed by atoms with Crippen molar-refractivity contribution >= 4 is 17.4 Å². The molecule has 0 unspecified atom stereocenters. The number of rotatable bonds is 8. The quantitative estimate of drug-likeness (QED) is 0.663. The number of amides is 1. The normalized spacial score (nSPS) is 14.2. The third kappa shape index (κ3) is 4.02. The Bertz CT molecular complexity index is 937. The second-order valence-corrected chi connectivity index (χ2v) is 7.69. The first-order valence-electron chi connectivity index (χ1n) is 9.76. The molecule has 0 radical (unpaired) electrons. The maximum Gasteiger partial charge on any atom is 0.225 e. The van der Waals surface area contributed by atoms with Crippen LogP contribution in [0, 0.1) is 5.92 Å². The fraction of sp³-hybridized carbons (Fsp3) is 0.500. The summed E-state index contributed by atoms with van der Waals surface area (Å²) in [5.74, 6) is 3.31. The van der Waals surface area contributed by atoms with Crippen LogP contribution >= 0.6 is 0 Å². The highest BCUT2D eigenvalue weighted by atomic mass is 16.1. The minimum absolute atomic E-state index is 0.0327. The van der Waals surface area contributed by atoms with Crippen molar-refractivity contribution in [1.29, 1.82) is 0 Å². The number of nitrogens with zero attached hydrogens (tertiary/aromatic N) is 5. The molecule has 4 rings (SSSR count). The van der Waals surface area contributed by atoms with E-state index in [1.807, 2.05) is 28.8 Å². The van der Waals surface area contributed by atoms with Crippen molar-refractivity contribution in [3.8, 4) is 0 Å². The summed E-state index contributed by atoms with van der Waals surface area (Å²) in [6.45, 7) is 4.45. The number of imidazole rings is 1. The Labute approximate surface area is 158 Å². The SMILES string of the molecule is CC(C)CCc1nnc(CCC(=O)Nc2cnc3ccccn23)n1C1CC1. The van der Waals surface area contributed by atoms with E-state index in [-0.39, 0.29) is 5.91 Å². The van der Waals surface area contributed by atoms with Gasteiger partial charge in [0.05, 0.1) is 6.20 Å². The van der Waals surface area contributed by atoms with Crippen LogP contribution < -0.4 is 5.32 Å². The third-order valence-corrected chi connectivity index (χ3v) is 4.95. The van der Waals surface area contributed by atoms with Gasteiger partial charge in [-0.1, -0.05) is 19.9 Å². The molecule has 3 aromatic heterocycles. The zero-order valence-corrected chi connectivity index (χ0v) is 15.9. The Hall–Kier alpha value is -2.70. The van der Waals surface area contributed by atoms with Crippen molar-refractivity contribution in [3.63, 3.8) is 0 Å². The minimum atomic E-state index is -0.0327. The van der Waals surface area contributed by atoms with E-state index in [1.54, 1.807) is 6.20 Å². The number of nitrogens with one attached hydrogen (secondary N) is 1. The molecule has 1 aliphatic carbocycles. The van der Waals surface area contributed by atoms with Crippen LogP contribution in [0.1, 0.15) is 57.2 Å². The van der Waals surface area contributed by atoms with Crippen molar-refractivity contribution in [2.45, 2.75) is 58.4 Å². The monoisotopic (exact) mass is 366 g/mol. The lowest BCUT2D eigenvalue weighted by Gasteiger charge is -2.10. The van der Waals surface area contributed by atoms with Gasteiger partial charge in [-0.3, -0.25) is 9.20 Å². The summed E-state index contributed by atoms with van der Waals surface area (Å²) in [7, 11) is 0. The lowest BCUT2D eigenvalue weighted by Crippen LogP contribution is -2.15. The van der Waals surface area contributed by atoms with E-state index in [0.29, 0.717) is 30.6 Å². The summed E-state index contributed by atoms with van der Waals surface area (Å²) in [6, 6.07) is 6.28. The molecule has 0 atom stereocenters. The number of fused-ring (bicyclic) bond motifs is 1. The standard InChI is InChI=1S/C20H26N6O/c1-14(2)6-9-17-23-24-18(26(17)15-7-8-15)10-11-20(27)22-19-13-21-16-5-3-4-12-25(16)19/h3-5,12-15H,6-11H2,1-2H3,(H,22,27). The molecule has 3 aromatic rings. The Kier molecular flexibility index (Phi) is 4.92. The maximum atomic E-state index is 12.4. The maximum absolute atomic E-state index is 12.4. The highest BCUT2D eigenvalue weighted by Crippen LogP contribution is 2.37. The fourth-order valence-corrected chi connectivity index (χ4v) is 3.33. The summed E-state index contributed by atoms with van der Waals surface area (Å²) in [5.41, 5.74) is 0.816. The molecule has 27 heavy (non-hydrogen) atoms. The minimum Gasteiger partial charge on any atom is -0.312 e. The van der Waals surface area contributed by atoms with E-state index in [9.17, 15) is 4.79 Å². The summed E-state index contributed by atoms with van der Waals surface area (Å²) in [4.78, 5) is 16.7. The predicted molar refractivity (Wildman–Crippen MR) is 104 cm³/mol. The molecule has 3 heterocycles. The molecule has 1 amide bonds. The van der Waals surface area contributed by atoms with E-state index in [1.165, 1.54) is 12.8 Å². The first-order valence-corrected chi connectivity index (χ1v) is 9.76. The van der Waals surface area contributed by atoms with Crippen LogP contribution in [0.5, 0.6) is 0 Å². The number of hydrogen-bond donors (Lipinski definition) is 1. The van der Waals surface area contributed by atoms with Gasteiger partial charge in [0.15, 0.2) is 0 Å². The first-order chi connectivity index (χ1) is 13.1. The third-order valence-electron chi connectivity index (χ3n) is 4.95. The number of pyridine rings is 1. The van der Waals surface area contributed by atoms with Gasteiger partial charge in [-0.15, -0.1) is 10.2 Å². The Morgan fingerprint density at radius 3 is 2.74 bits per heavy atom. The van der Waals surface area contributed by atoms with E-state index in [4.69, 9.17) is 0 Å². The second kappa shape index (κ2) is 7.50. The molecule has 0 aliphatic heterocycles. The number of carbonyl (C=O) groups excluding carboxylic acids is 1. The fourth-order valence-electron chi connectivity index (χ4n) is 3.33. The Morgan fingerprint density at radius 2 is 2.00 bits per heavy atom. The smallest absolute Gasteiger partial charge is 0.225 e. The lowest BCUT2D eigenvalue weighted by atomic mass is 10.1. The topological polar surface area (TPSA) is 77.1 Å². The second-order valence-electron chi connectivity index (χ2n) is 7.69. The molecule has 0 bridgehead atoms. The summed E-state index contributed by atoms with van der Waals surface area (Å²) in [5, 5.41) is 11.8. The molecule has 7 heteroatoms. The molecule has 1 aliphatic rings. The van der Waals surface area contributed by atoms with Gasteiger partial charge in [0, 0.05) is 31.5 Å². The molecular weight excluding hydrogens is 340 g/mol. The van der Waals surface area contributed by atoms with Crippen LogP contribution in [0.4, 0.5) is 5.82 Å². The van der Waals surface area contributed by atoms with E-state index < -0.39 is 0 Å². The van der Waals surface area contributed by atoms with Gasteiger partial charge in [-0.2, -0.15) is 0 Å². The molecular formula is C20H26N6O. The lowest BCUT2D eigenvalue weighted by molar-refractivity contribution is -0.116. The van der Waals surface area contributed by atoms with Crippen LogP contribution in [-0.2, 0) is 17.6 Å². The van der Waals surface area contributed by atoms with Gasteiger partial charge in [-0.05, 0) is 37.3 Å². The van der Waals surface area contributed by atoms with Gasteiger partial charge in [0.2, 0.25) is 5.91 Å². The van der Waals surface area contributed by atoms with Crippen molar-refractivity contribution < 1.29 is 4.79 Å². The molecule has 7 nitrogen and oxygen atoms in total. The van der Waals surface area contributed by atoms with Gasteiger partial charge in [-0.25, -0.2) is 4.98 Å². The number of anilines is 1. The highest BCUT2D eigenvalue weighted by Gasteiger charge is 2.29. The first kappa shape index (κ1) is 17.7. The van der Waals surface area contributed by atoms with E-state index in [0.717, 1.165) is 30.1 Å². The summed E-state index contributed by atoms with van der Waals surface area (Å²) in [6.07, 6.45) is 9.01. The summed E-state index contributed by atoms with van der Waals surface area (Å²) >= 11 is 0. The van der Waals surface area contributed by atoms with Gasteiger partial charge < -0.3 is 9.88 Å². The van der Waals surface area contributed by atoms with Crippen molar-refractivity contribution in [2.75, 3.05) is 5.32 Å². The zero-order valence-electron chi connectivity index (χ0n) is 15.9. The summed E-state index contributed by atoms with van der Waals surface area (Å²) < 4.78 is 4.15. The van der Waals surface area contributed by atoms with Crippen LogP contribution in [-0.4, -0.2) is 30.1 Å². The van der Waals surface area contributed by atoms with Crippen LogP contribution in [0.2, 0.25) is 0 Å². The largest absolute Gasteiger partial charge is 0.312 e. The number of aryl methyl sites for hydroxylation is 2. The molecule has 1 fully saturated rings. The Balaban J connectivity index is 1.40. The van der Waals surface area contributed by atoms with Gasteiger partial charge >= 0.3 is 0 Å². The van der Waals surface area contributed by atoms with Gasteiger partial charge in [0.1, 0.15) is 23.1 Å². The van der Waals surface area contributed by atoms with E-state index >= 15 is 0 Å². The number of carbonyl (C=O) groups is 1. The average Bonchev–Trinajstić information content (AvgIpc) is 3.29. The van der Waals surface area contributed by atoms with Crippen LogP contribution in [0.3, 0.4) is 0 Å². The van der Waals surface area contributed by atoms with Crippen molar-refractivity contribution in [2.24, 2.45) is 5.92 Å². The molecule has 1 saturated carbocycles. The van der Waals surface area contributed by atoms with Crippen molar-refractivity contribution in [1.82, 2.24) is 24.1 Å². The molecule has 0 saturated heterocycles. The van der Waals surface area contributed by atoms with Crippen molar-refractivity contribution in [3.05, 3.63) is 42.2 Å². The number of hydrogen-bond acceptors (Lipinski definition) is 4. The average molecular weight is 366 g/mol. The van der Waals surface area contributed by atoms with Crippen LogP contribution in [0.15, 0.2) is 30.6 Å². The molecule has 1 N–H and O–H groups in total. The molecule has 0 spiro atoms. The molecule has 0 aromatic carbocycles. The predicted octanol–water partition coefficient (Wildman–Crippen LogP) is 3.42. The molecule has 142 valence electrons. The Morgan fingerprint density at radius 1 is 1.22 bits per heavy atom. The number of aromatic nitrogens is 5. The zero-order chi connectivity index (χ0) is 18.8. The highest BCUT2D eigenvalue weighted by molar-refractivity contribution is 5.90. The van der Waals surface area contributed by atoms with Crippen LogP contribution in [0.25, 0.3) is 5.65 Å².